The quantitative estimate of drug-likeness (QED) is 0.0350. The van der Waals surface area contributed by atoms with Gasteiger partial charge in [0.05, 0.1) is 37.4 Å². The Bertz CT molecular complexity index is 3320. The third-order valence-electron chi connectivity index (χ3n) is 14.8. The maximum Gasteiger partial charge on any atom is 0.446 e. The Labute approximate surface area is 505 Å². The number of carbonyl (C=O) groups is 8. The van der Waals surface area contributed by atoms with Gasteiger partial charge in [-0.2, -0.15) is 8.42 Å². The number of unbranched alkanes of at least 4 members (excludes halogenated alkanes) is 1. The molecule has 7 rings (SSSR count). The average molecular weight is 1270 g/mol. The van der Waals surface area contributed by atoms with Crippen molar-refractivity contribution in [3.05, 3.63) is 77.9 Å². The van der Waals surface area contributed by atoms with Crippen molar-refractivity contribution in [2.45, 2.75) is 138 Å². The predicted octanol–water partition coefficient (Wildman–Crippen LogP) is -4.43. The van der Waals surface area contributed by atoms with E-state index in [0.29, 0.717) is 49.9 Å². The lowest BCUT2D eigenvalue weighted by atomic mass is 9.96. The summed E-state index contributed by atoms with van der Waals surface area (Å²) in [4.78, 5) is 115. The fourth-order valence-corrected chi connectivity index (χ4v) is 11.2. The molecule has 0 spiro atoms. The smallest absolute Gasteiger partial charge is 0.446 e. The molecule has 3 aliphatic rings. The number of nitrogens with zero attached hydrogens (tertiary/aromatic N) is 4. The molecule has 478 valence electrons. The Kier molecular flexibility index (Phi) is 22.1. The van der Waals surface area contributed by atoms with Gasteiger partial charge in [-0.1, -0.05) is 49.8 Å². The number of nitrogens with one attached hydrogen (secondary N) is 5. The highest BCUT2D eigenvalue weighted by Crippen LogP contribution is 2.34. The topological polar surface area (TPSA) is 510 Å². The van der Waals surface area contributed by atoms with Crippen molar-refractivity contribution in [2.75, 3.05) is 19.7 Å². The molecule has 8 amide bonds. The van der Waals surface area contributed by atoms with Gasteiger partial charge in [0.25, 0.3) is 5.91 Å². The number of aromatic hydroxyl groups is 1. The number of aliphatic hydroxyl groups is 8. The highest BCUT2D eigenvalue weighted by atomic mass is 32.3. The standard InChI is InChI=1S/C54H68N10O22S2/c1-4-5-16-85-30-13-10-27(11-14-30)52-62-61-51(87-52)26-8-6-25(7-9-26)45(74)56-31-19-35(69)48(77)60-50(79)41-42(71)23(2)21-64(41)54(81)39(34(68)20-37(55)70)58-49(78)40(44(73)43(72)28-12-15-33(67)36(17-28)86-88(82,83)84)59-47(76)32-18-29(66)22-63(32)53(80)38(24(3)65)57-46(31)75/h6-15,17,23-24,29,31-32,34-35,38-44,48,65-69,71-73,77H,4-5,16,18-22H2,1-3H3,(H2,55,70)(H,56,74)(H,57,75)(H,58,78)(H,59,76)(H,60,79)(H,82,83,84). The van der Waals surface area contributed by atoms with Gasteiger partial charge in [-0.15, -0.1) is 10.2 Å². The van der Waals surface area contributed by atoms with Crippen LogP contribution in [-0.2, 0) is 44.0 Å². The summed E-state index contributed by atoms with van der Waals surface area (Å²) in [6.45, 7) is 3.71. The van der Waals surface area contributed by atoms with Crippen LogP contribution in [0.15, 0.2) is 66.7 Å². The van der Waals surface area contributed by atoms with E-state index in [2.05, 4.69) is 37.3 Å². The summed E-state index contributed by atoms with van der Waals surface area (Å²) in [5.74, 6) is -13.2. The summed E-state index contributed by atoms with van der Waals surface area (Å²) in [6, 6.07) is 2.08. The van der Waals surface area contributed by atoms with Gasteiger partial charge in [0.15, 0.2) is 17.7 Å². The summed E-state index contributed by atoms with van der Waals surface area (Å²) >= 11 is 1.24. The van der Waals surface area contributed by atoms with Crippen molar-refractivity contribution in [2.24, 2.45) is 11.7 Å². The largest absolute Gasteiger partial charge is 0.504 e. The van der Waals surface area contributed by atoms with Crippen molar-refractivity contribution in [1.82, 2.24) is 46.6 Å². The molecule has 34 heteroatoms. The lowest BCUT2D eigenvalue weighted by Gasteiger charge is -2.34. The Balaban J connectivity index is 1.23. The van der Waals surface area contributed by atoms with E-state index in [0.717, 1.165) is 31.4 Å². The summed E-state index contributed by atoms with van der Waals surface area (Å²) in [7, 11) is -5.35. The van der Waals surface area contributed by atoms with E-state index in [4.69, 9.17) is 10.5 Å². The number of aliphatic hydroxyl groups excluding tert-OH is 8. The van der Waals surface area contributed by atoms with E-state index in [9.17, 15) is 97.3 Å². The summed E-state index contributed by atoms with van der Waals surface area (Å²) < 4.78 is 42.5. The first-order chi connectivity index (χ1) is 41.5. The number of hydrogen-bond donors (Lipinski definition) is 16. The van der Waals surface area contributed by atoms with Crippen molar-refractivity contribution in [1.29, 1.82) is 0 Å². The number of fused-ring (bicyclic) bond motifs is 2. The molecule has 3 aliphatic heterocycles. The number of carbonyl (C=O) groups excluding carboxylic acids is 8. The normalized spacial score (nSPS) is 26.6. The molecule has 0 saturated carbocycles. The second kappa shape index (κ2) is 28.9. The minimum Gasteiger partial charge on any atom is -0.504 e. The first kappa shape index (κ1) is 67.5. The lowest BCUT2D eigenvalue weighted by Crippen LogP contribution is -2.64. The molecule has 4 aromatic rings. The Morgan fingerprint density at radius 2 is 1.39 bits per heavy atom. The minimum atomic E-state index is -5.35. The Hall–Kier alpha value is -8.03. The van der Waals surface area contributed by atoms with Crippen LogP contribution < -0.4 is 41.2 Å². The summed E-state index contributed by atoms with van der Waals surface area (Å²) in [6.07, 6.45) is -18.4. The number of aromatic nitrogens is 2. The molecule has 17 N–H and O–H groups in total. The molecule has 0 bridgehead atoms. The number of ether oxygens (including phenoxy) is 1. The van der Waals surface area contributed by atoms with Gasteiger partial charge in [0, 0.05) is 48.5 Å². The number of hydrogen-bond acceptors (Lipinski definition) is 24. The summed E-state index contributed by atoms with van der Waals surface area (Å²) in [5.41, 5.74) is 5.94. The van der Waals surface area contributed by atoms with Crippen molar-refractivity contribution in [3.8, 4) is 38.4 Å². The van der Waals surface area contributed by atoms with Gasteiger partial charge < -0.3 is 97.0 Å². The van der Waals surface area contributed by atoms with E-state index in [-0.39, 0.29) is 5.56 Å². The molecular formula is C54H68N10O22S2. The zero-order valence-corrected chi connectivity index (χ0v) is 48.9. The molecule has 3 fully saturated rings. The maximum atomic E-state index is 14.7. The number of amides is 8. The lowest BCUT2D eigenvalue weighted by molar-refractivity contribution is -0.149. The molecule has 0 radical (unpaired) electrons. The Morgan fingerprint density at radius 3 is 1.99 bits per heavy atom. The van der Waals surface area contributed by atoms with Crippen molar-refractivity contribution < 1.29 is 106 Å². The molecule has 3 aromatic carbocycles. The SMILES string of the molecule is CCCCOc1ccc(-c2nnc(-c3ccc(C(=O)NC4CC(O)C(O)NC(=O)C5C(O)C(C)CN5C(=O)C(C(O)CC(N)=O)NC(=O)C(C(O)C(O)c5ccc(O)c(OS(=O)(=O)O)c5)NC(=O)C5CC(O)CN5C(=O)C(C(C)O)NC4=O)cc3)s2)cc1. The molecular weight excluding hydrogens is 1200 g/mol. The molecule has 32 nitrogen and oxygen atoms in total. The zero-order chi connectivity index (χ0) is 64.6. The molecule has 3 saturated heterocycles. The Morgan fingerprint density at radius 1 is 0.784 bits per heavy atom. The van der Waals surface area contributed by atoms with E-state index in [1.54, 1.807) is 0 Å². The van der Waals surface area contributed by atoms with Gasteiger partial charge in [0.1, 0.15) is 70.3 Å². The number of nitrogens with two attached hydrogens (primary N) is 1. The van der Waals surface area contributed by atoms with E-state index in [1.807, 2.05) is 34.9 Å². The molecule has 1 aromatic heterocycles. The fraction of sp³-hybridized carbons (Fsp3) is 0.481. The fourth-order valence-electron chi connectivity index (χ4n) is 10.00. The van der Waals surface area contributed by atoms with Gasteiger partial charge in [-0.3, -0.25) is 42.9 Å². The van der Waals surface area contributed by atoms with Gasteiger partial charge in [-0.25, -0.2) is 0 Å². The highest BCUT2D eigenvalue weighted by molar-refractivity contribution is 7.81. The number of phenolic OH excluding ortho intramolecular Hbond substituents is 1. The number of primary amides is 1. The van der Waals surface area contributed by atoms with Crippen LogP contribution >= 0.6 is 11.3 Å². The number of phenols is 1. The molecule has 15 atom stereocenters. The summed E-state index contributed by atoms with van der Waals surface area (Å²) in [5, 5.41) is 122. The van der Waals surface area contributed by atoms with Crippen LogP contribution in [0.25, 0.3) is 21.1 Å². The highest BCUT2D eigenvalue weighted by Gasteiger charge is 2.51. The van der Waals surface area contributed by atoms with Crippen LogP contribution in [0.5, 0.6) is 17.2 Å². The first-order valence-corrected chi connectivity index (χ1v) is 29.7. The van der Waals surface area contributed by atoms with E-state index >= 15 is 0 Å². The first-order valence-electron chi connectivity index (χ1n) is 27.5. The second-order valence-electron chi connectivity index (χ2n) is 21.4. The van der Waals surface area contributed by atoms with Gasteiger partial charge in [0.2, 0.25) is 41.4 Å². The van der Waals surface area contributed by atoms with Crippen LogP contribution in [0, 0.1) is 5.92 Å². The van der Waals surface area contributed by atoms with Crippen LogP contribution in [0.1, 0.15) is 74.9 Å². The molecule has 15 unspecified atom stereocenters. The van der Waals surface area contributed by atoms with Crippen LogP contribution in [0.2, 0.25) is 0 Å². The second-order valence-corrected chi connectivity index (χ2v) is 23.4. The monoisotopic (exact) mass is 1270 g/mol. The van der Waals surface area contributed by atoms with Crippen LogP contribution in [0.3, 0.4) is 0 Å². The van der Waals surface area contributed by atoms with Crippen molar-refractivity contribution in [3.63, 3.8) is 0 Å². The third-order valence-corrected chi connectivity index (χ3v) is 16.2. The van der Waals surface area contributed by atoms with Crippen molar-refractivity contribution >= 4 is 69.0 Å². The molecule has 88 heavy (non-hydrogen) atoms. The van der Waals surface area contributed by atoms with Crippen LogP contribution in [0.4, 0.5) is 0 Å². The molecule has 0 aliphatic carbocycles. The van der Waals surface area contributed by atoms with E-state index in [1.165, 1.54) is 42.5 Å². The minimum absolute atomic E-state index is 0.0926. The van der Waals surface area contributed by atoms with Gasteiger partial charge in [-0.05, 0) is 67.4 Å². The maximum absolute atomic E-state index is 14.7. The van der Waals surface area contributed by atoms with Gasteiger partial charge >= 0.3 is 10.4 Å². The average Bonchev–Trinajstić information content (AvgIpc) is 1.90. The molecule has 4 heterocycles. The predicted molar refractivity (Wildman–Crippen MR) is 303 cm³/mol. The third kappa shape index (κ3) is 16.4. The van der Waals surface area contributed by atoms with Crippen LogP contribution in [-0.4, -0.2) is 225 Å². The van der Waals surface area contributed by atoms with E-state index < -0.39 is 198 Å². The zero-order valence-electron chi connectivity index (χ0n) is 47.2. The number of rotatable bonds is 17. The number of benzene rings is 3.